The van der Waals surface area contributed by atoms with Crippen LogP contribution in [0.1, 0.15) is 11.1 Å². The highest BCUT2D eigenvalue weighted by atomic mass is 16.6. The molecule has 13 heavy (non-hydrogen) atoms. The molecular formula is C8H8N2O3. The maximum absolute atomic E-state index is 10.3. The van der Waals surface area contributed by atoms with Crippen LogP contribution in [0.25, 0.3) is 0 Å². The Labute approximate surface area is 74.5 Å². The van der Waals surface area contributed by atoms with Crippen LogP contribution >= 0.6 is 0 Å². The molecule has 0 unspecified atom stereocenters. The second-order valence-corrected chi connectivity index (χ2v) is 2.54. The predicted octanol–water partition coefficient (Wildman–Crippen LogP) is 1.71. The predicted molar refractivity (Wildman–Crippen MR) is 47.2 cm³/mol. The molecule has 0 aromatic heterocycles. The fourth-order valence-corrected chi connectivity index (χ4v) is 0.980. The highest BCUT2D eigenvalue weighted by Gasteiger charge is 2.06. The molecule has 0 saturated carbocycles. The normalized spacial score (nSPS) is 10.5. The maximum Gasteiger partial charge on any atom is 0.269 e. The van der Waals surface area contributed by atoms with Gasteiger partial charge in [-0.3, -0.25) is 10.1 Å². The molecule has 0 saturated heterocycles. The van der Waals surface area contributed by atoms with E-state index in [1.807, 2.05) is 0 Å². The van der Waals surface area contributed by atoms with Gasteiger partial charge in [-0.2, -0.15) is 0 Å². The molecule has 68 valence electrons. The summed E-state index contributed by atoms with van der Waals surface area (Å²) in [6, 6.07) is 4.33. The molecule has 5 heteroatoms. The fourth-order valence-electron chi connectivity index (χ4n) is 0.980. The van der Waals surface area contributed by atoms with E-state index in [1.165, 1.54) is 24.4 Å². The lowest BCUT2D eigenvalue weighted by molar-refractivity contribution is -0.384. The highest BCUT2D eigenvalue weighted by Crippen LogP contribution is 2.15. The topological polar surface area (TPSA) is 75.7 Å². The van der Waals surface area contributed by atoms with Gasteiger partial charge in [-0.1, -0.05) is 5.16 Å². The van der Waals surface area contributed by atoms with Crippen molar-refractivity contribution in [2.24, 2.45) is 5.16 Å². The summed E-state index contributed by atoms with van der Waals surface area (Å²) in [5.41, 5.74) is 1.40. The SMILES string of the molecule is Cc1cc([N+](=O)[O-])ccc1/C=N/O. The number of non-ortho nitro benzene ring substituents is 1. The zero-order valence-electron chi connectivity index (χ0n) is 6.97. The Hall–Kier alpha value is -1.91. The molecule has 0 radical (unpaired) electrons. The first-order chi connectivity index (χ1) is 6.15. The molecule has 0 atom stereocenters. The fraction of sp³-hybridized carbons (Fsp3) is 0.125. The van der Waals surface area contributed by atoms with E-state index >= 15 is 0 Å². The quantitative estimate of drug-likeness (QED) is 0.326. The van der Waals surface area contributed by atoms with Gasteiger partial charge in [-0.05, 0) is 24.1 Å². The summed E-state index contributed by atoms with van der Waals surface area (Å²) in [5.74, 6) is 0. The largest absolute Gasteiger partial charge is 0.411 e. The van der Waals surface area contributed by atoms with E-state index in [2.05, 4.69) is 5.16 Å². The molecule has 1 aromatic rings. The first kappa shape index (κ1) is 9.18. The first-order valence-corrected chi connectivity index (χ1v) is 3.57. The monoisotopic (exact) mass is 180 g/mol. The van der Waals surface area contributed by atoms with Crippen LogP contribution in [0.3, 0.4) is 0 Å². The summed E-state index contributed by atoms with van der Waals surface area (Å²) in [5, 5.41) is 21.4. The van der Waals surface area contributed by atoms with Crippen LogP contribution in [0.15, 0.2) is 23.4 Å². The molecule has 0 spiro atoms. The van der Waals surface area contributed by atoms with Crippen LogP contribution in [0.2, 0.25) is 0 Å². The van der Waals surface area contributed by atoms with Crippen molar-refractivity contribution in [3.63, 3.8) is 0 Å². The number of oxime groups is 1. The van der Waals surface area contributed by atoms with Gasteiger partial charge in [0.25, 0.3) is 5.69 Å². The van der Waals surface area contributed by atoms with E-state index in [1.54, 1.807) is 6.92 Å². The highest BCUT2D eigenvalue weighted by molar-refractivity contribution is 5.81. The van der Waals surface area contributed by atoms with Crippen molar-refractivity contribution in [1.82, 2.24) is 0 Å². The minimum atomic E-state index is -0.465. The molecule has 0 amide bonds. The van der Waals surface area contributed by atoms with E-state index in [0.29, 0.717) is 11.1 Å². The third-order valence-corrected chi connectivity index (χ3v) is 1.66. The molecule has 1 aromatic carbocycles. The van der Waals surface area contributed by atoms with E-state index in [9.17, 15) is 10.1 Å². The van der Waals surface area contributed by atoms with Crippen LogP contribution in [0, 0.1) is 17.0 Å². The molecule has 0 heterocycles. The number of hydrogen-bond donors (Lipinski definition) is 1. The number of nitrogens with zero attached hydrogens (tertiary/aromatic N) is 2. The summed E-state index contributed by atoms with van der Waals surface area (Å²) in [6.45, 7) is 1.71. The third-order valence-electron chi connectivity index (χ3n) is 1.66. The van der Waals surface area contributed by atoms with Crippen molar-refractivity contribution in [2.75, 3.05) is 0 Å². The summed E-state index contributed by atoms with van der Waals surface area (Å²) >= 11 is 0. The molecule has 0 bridgehead atoms. The molecule has 0 fully saturated rings. The smallest absolute Gasteiger partial charge is 0.269 e. The molecule has 5 nitrogen and oxygen atoms in total. The number of hydrogen-bond acceptors (Lipinski definition) is 4. The van der Waals surface area contributed by atoms with Crippen molar-refractivity contribution in [3.8, 4) is 0 Å². The molecule has 0 aliphatic rings. The number of nitro benzene ring substituents is 1. The van der Waals surface area contributed by atoms with Crippen LogP contribution < -0.4 is 0 Å². The van der Waals surface area contributed by atoms with Gasteiger partial charge in [-0.25, -0.2) is 0 Å². The lowest BCUT2D eigenvalue weighted by Gasteiger charge is -1.97. The van der Waals surface area contributed by atoms with E-state index in [4.69, 9.17) is 5.21 Å². The van der Waals surface area contributed by atoms with Gasteiger partial charge in [0.2, 0.25) is 0 Å². The molecule has 1 rings (SSSR count). The van der Waals surface area contributed by atoms with E-state index in [-0.39, 0.29) is 5.69 Å². The lowest BCUT2D eigenvalue weighted by atomic mass is 10.1. The third kappa shape index (κ3) is 2.02. The Bertz CT molecular complexity index is 360. The zero-order valence-corrected chi connectivity index (χ0v) is 6.97. The van der Waals surface area contributed by atoms with E-state index in [0.717, 1.165) is 0 Å². The van der Waals surface area contributed by atoms with Gasteiger partial charge in [0.15, 0.2) is 0 Å². The number of rotatable bonds is 2. The van der Waals surface area contributed by atoms with Crippen molar-refractivity contribution < 1.29 is 10.1 Å². The average Bonchev–Trinajstić information content (AvgIpc) is 2.08. The van der Waals surface area contributed by atoms with Crippen LogP contribution in [0.5, 0.6) is 0 Å². The Morgan fingerprint density at radius 3 is 2.77 bits per heavy atom. The van der Waals surface area contributed by atoms with Gasteiger partial charge in [-0.15, -0.1) is 0 Å². The standard InChI is InChI=1S/C8H8N2O3/c1-6-4-8(10(12)13)3-2-7(6)5-9-11/h2-5,11H,1H3/b9-5+. The average molecular weight is 180 g/mol. The van der Waals surface area contributed by atoms with Gasteiger partial charge >= 0.3 is 0 Å². The minimum absolute atomic E-state index is 0.0348. The summed E-state index contributed by atoms with van der Waals surface area (Å²) < 4.78 is 0. The first-order valence-electron chi connectivity index (χ1n) is 3.57. The van der Waals surface area contributed by atoms with Crippen LogP contribution in [0.4, 0.5) is 5.69 Å². The summed E-state index contributed by atoms with van der Waals surface area (Å²) in [4.78, 5) is 9.88. The van der Waals surface area contributed by atoms with Crippen molar-refractivity contribution in [1.29, 1.82) is 0 Å². The van der Waals surface area contributed by atoms with Gasteiger partial charge in [0.05, 0.1) is 11.1 Å². The Balaban J connectivity index is 3.12. The Morgan fingerprint density at radius 2 is 2.31 bits per heavy atom. The van der Waals surface area contributed by atoms with Gasteiger partial charge in [0, 0.05) is 12.1 Å². The van der Waals surface area contributed by atoms with Crippen molar-refractivity contribution in [3.05, 3.63) is 39.4 Å². The lowest BCUT2D eigenvalue weighted by Crippen LogP contribution is -1.92. The molecule has 1 N–H and O–H groups in total. The van der Waals surface area contributed by atoms with Gasteiger partial charge in [0.1, 0.15) is 0 Å². The van der Waals surface area contributed by atoms with Crippen molar-refractivity contribution in [2.45, 2.75) is 6.92 Å². The summed E-state index contributed by atoms with van der Waals surface area (Å²) in [7, 11) is 0. The summed E-state index contributed by atoms with van der Waals surface area (Å²) in [6.07, 6.45) is 1.24. The maximum atomic E-state index is 10.3. The Kier molecular flexibility index (Phi) is 2.59. The Morgan fingerprint density at radius 1 is 1.62 bits per heavy atom. The minimum Gasteiger partial charge on any atom is -0.411 e. The molecule has 0 aliphatic heterocycles. The van der Waals surface area contributed by atoms with Crippen LogP contribution in [-0.4, -0.2) is 16.3 Å². The van der Waals surface area contributed by atoms with Gasteiger partial charge < -0.3 is 5.21 Å². The second kappa shape index (κ2) is 3.66. The number of nitro groups is 1. The van der Waals surface area contributed by atoms with Crippen LogP contribution in [-0.2, 0) is 0 Å². The van der Waals surface area contributed by atoms with E-state index < -0.39 is 4.92 Å². The zero-order chi connectivity index (χ0) is 9.84. The number of aryl methyl sites for hydroxylation is 1. The molecular weight excluding hydrogens is 172 g/mol. The molecule has 0 aliphatic carbocycles. The van der Waals surface area contributed by atoms with Crippen molar-refractivity contribution >= 4 is 11.9 Å². The number of benzene rings is 1. The second-order valence-electron chi connectivity index (χ2n) is 2.54.